The van der Waals surface area contributed by atoms with E-state index in [9.17, 15) is 9.65 Å². The monoisotopic (exact) mass is 282 g/mol. The first-order valence-corrected chi connectivity index (χ1v) is 7.15. The summed E-state index contributed by atoms with van der Waals surface area (Å²) in [5, 5.41) is 12.6. The highest BCUT2D eigenvalue weighted by Gasteiger charge is 2.18. The van der Waals surface area contributed by atoms with Crippen molar-refractivity contribution in [2.24, 2.45) is 0 Å². The van der Waals surface area contributed by atoms with Gasteiger partial charge in [0, 0.05) is 21.9 Å². The molecule has 2 aromatic rings. The summed E-state index contributed by atoms with van der Waals surface area (Å²) >= 11 is 1.65. The molecule has 0 aliphatic carbocycles. The average molecular weight is 282 g/mol. The van der Waals surface area contributed by atoms with E-state index in [0.29, 0.717) is 16.9 Å². The van der Waals surface area contributed by atoms with Crippen LogP contribution in [0.5, 0.6) is 0 Å². The summed E-state index contributed by atoms with van der Waals surface area (Å²) in [6, 6.07) is 16.4. The van der Waals surface area contributed by atoms with Crippen molar-refractivity contribution in [2.45, 2.75) is 4.90 Å². The van der Waals surface area contributed by atoms with Gasteiger partial charge in [-0.25, -0.2) is 4.39 Å². The molecule has 98 valence electrons. The van der Waals surface area contributed by atoms with Gasteiger partial charge in [0.25, 0.3) is 0 Å². The predicted octanol–water partition coefficient (Wildman–Crippen LogP) is 4.28. The Morgan fingerprint density at radius 3 is 2.70 bits per heavy atom. The van der Waals surface area contributed by atoms with E-state index < -0.39 is 0 Å². The number of nitrogens with one attached hydrogen (secondary N) is 1. The molecular formula is C16H11FN2S. The minimum absolute atomic E-state index is 0.345. The lowest BCUT2D eigenvalue weighted by Gasteiger charge is -2.21. The molecule has 0 aromatic heterocycles. The molecule has 1 aliphatic rings. The summed E-state index contributed by atoms with van der Waals surface area (Å²) in [6.07, 6.45) is 0. The zero-order chi connectivity index (χ0) is 13.9. The molecule has 0 atom stereocenters. The molecule has 0 saturated carbocycles. The maximum atomic E-state index is 13.9. The first-order chi connectivity index (χ1) is 9.79. The summed E-state index contributed by atoms with van der Waals surface area (Å²) in [5.74, 6) is 0.260. The second-order valence-corrected chi connectivity index (χ2v) is 5.37. The maximum Gasteiger partial charge on any atom is 0.131 e. The van der Waals surface area contributed by atoms with E-state index in [-0.39, 0.29) is 5.82 Å². The van der Waals surface area contributed by atoms with Crippen LogP contribution < -0.4 is 5.32 Å². The molecule has 3 rings (SSSR count). The first kappa shape index (κ1) is 12.8. The lowest BCUT2D eigenvalue weighted by atomic mass is 10.0. The van der Waals surface area contributed by atoms with Crippen LogP contribution in [-0.4, -0.2) is 5.75 Å². The SMILES string of the molecule is N#CC(=C1CSc2ccccc2N1)c1ccccc1F. The number of halogens is 1. The fourth-order valence-corrected chi connectivity index (χ4v) is 3.10. The summed E-state index contributed by atoms with van der Waals surface area (Å²) in [7, 11) is 0. The Labute approximate surface area is 120 Å². The summed E-state index contributed by atoms with van der Waals surface area (Å²) in [6.45, 7) is 0. The van der Waals surface area contributed by atoms with Crippen LogP contribution in [0.2, 0.25) is 0 Å². The van der Waals surface area contributed by atoms with Crippen LogP contribution in [0.1, 0.15) is 5.56 Å². The Kier molecular flexibility index (Phi) is 3.44. The van der Waals surface area contributed by atoms with Crippen LogP contribution in [0.4, 0.5) is 10.1 Å². The number of para-hydroxylation sites is 1. The number of nitrogens with zero attached hydrogens (tertiary/aromatic N) is 1. The molecular weight excluding hydrogens is 271 g/mol. The van der Waals surface area contributed by atoms with Crippen LogP contribution >= 0.6 is 11.8 Å². The Morgan fingerprint density at radius 2 is 1.90 bits per heavy atom. The second kappa shape index (κ2) is 5.40. The second-order valence-electron chi connectivity index (χ2n) is 4.36. The fraction of sp³-hybridized carbons (Fsp3) is 0.0625. The van der Waals surface area contributed by atoms with Gasteiger partial charge in [-0.2, -0.15) is 5.26 Å². The van der Waals surface area contributed by atoms with Gasteiger partial charge >= 0.3 is 0 Å². The third-order valence-electron chi connectivity index (χ3n) is 3.10. The molecule has 0 amide bonds. The molecule has 2 aromatic carbocycles. The zero-order valence-corrected chi connectivity index (χ0v) is 11.4. The van der Waals surface area contributed by atoms with Gasteiger partial charge in [0.2, 0.25) is 0 Å². The van der Waals surface area contributed by atoms with E-state index in [0.717, 1.165) is 16.3 Å². The zero-order valence-electron chi connectivity index (χ0n) is 10.6. The highest BCUT2D eigenvalue weighted by molar-refractivity contribution is 7.99. The third kappa shape index (κ3) is 2.28. The summed E-state index contributed by atoms with van der Waals surface area (Å²) in [4.78, 5) is 1.14. The topological polar surface area (TPSA) is 35.8 Å². The predicted molar refractivity (Wildman–Crippen MR) is 79.7 cm³/mol. The normalized spacial score (nSPS) is 15.8. The van der Waals surface area contributed by atoms with Crippen LogP contribution in [0, 0.1) is 17.1 Å². The van der Waals surface area contributed by atoms with Gasteiger partial charge in [-0.1, -0.05) is 30.3 Å². The van der Waals surface area contributed by atoms with Crippen LogP contribution in [0.3, 0.4) is 0 Å². The molecule has 0 saturated heterocycles. The van der Waals surface area contributed by atoms with Crippen molar-refractivity contribution < 1.29 is 4.39 Å². The quantitative estimate of drug-likeness (QED) is 0.793. The smallest absolute Gasteiger partial charge is 0.131 e. The van der Waals surface area contributed by atoms with Crippen LogP contribution in [0.15, 0.2) is 59.1 Å². The van der Waals surface area contributed by atoms with Gasteiger partial charge in [0.15, 0.2) is 0 Å². The van der Waals surface area contributed by atoms with E-state index in [4.69, 9.17) is 0 Å². The molecule has 2 nitrogen and oxygen atoms in total. The van der Waals surface area contributed by atoms with Gasteiger partial charge < -0.3 is 5.32 Å². The van der Waals surface area contributed by atoms with Gasteiger partial charge in [-0.05, 0) is 18.2 Å². The number of hydrogen-bond donors (Lipinski definition) is 1. The largest absolute Gasteiger partial charge is 0.356 e. The lowest BCUT2D eigenvalue weighted by Crippen LogP contribution is -2.11. The number of rotatable bonds is 1. The summed E-state index contributed by atoms with van der Waals surface area (Å²) in [5.41, 5.74) is 2.42. The van der Waals surface area contributed by atoms with Crippen LogP contribution in [0.25, 0.3) is 5.57 Å². The van der Waals surface area contributed by atoms with Crippen molar-refractivity contribution in [3.8, 4) is 6.07 Å². The molecule has 0 unspecified atom stereocenters. The minimum Gasteiger partial charge on any atom is -0.356 e. The Morgan fingerprint density at radius 1 is 1.15 bits per heavy atom. The Bertz CT molecular complexity index is 731. The number of nitriles is 1. The molecule has 4 heteroatoms. The minimum atomic E-state index is -0.373. The van der Waals surface area contributed by atoms with Crippen molar-refractivity contribution in [3.63, 3.8) is 0 Å². The van der Waals surface area contributed by atoms with Crippen molar-refractivity contribution in [2.75, 3.05) is 11.1 Å². The van der Waals surface area contributed by atoms with E-state index in [2.05, 4.69) is 11.4 Å². The van der Waals surface area contributed by atoms with E-state index >= 15 is 0 Å². The molecule has 1 aliphatic heterocycles. The number of hydrogen-bond acceptors (Lipinski definition) is 3. The average Bonchev–Trinajstić information content (AvgIpc) is 2.50. The van der Waals surface area contributed by atoms with Gasteiger partial charge in [0.05, 0.1) is 11.3 Å². The van der Waals surface area contributed by atoms with Crippen molar-refractivity contribution >= 4 is 23.0 Å². The Balaban J connectivity index is 2.06. The number of anilines is 1. The highest BCUT2D eigenvalue weighted by atomic mass is 32.2. The molecule has 0 fully saturated rings. The maximum absolute atomic E-state index is 13.9. The molecule has 0 radical (unpaired) electrons. The van der Waals surface area contributed by atoms with Gasteiger partial charge in [-0.3, -0.25) is 0 Å². The molecule has 1 heterocycles. The van der Waals surface area contributed by atoms with E-state index in [1.165, 1.54) is 6.07 Å². The molecule has 20 heavy (non-hydrogen) atoms. The number of benzene rings is 2. The lowest BCUT2D eigenvalue weighted by molar-refractivity contribution is 0.624. The number of fused-ring (bicyclic) bond motifs is 1. The van der Waals surface area contributed by atoms with E-state index in [1.807, 2.05) is 24.3 Å². The fourth-order valence-electron chi connectivity index (χ4n) is 2.13. The highest BCUT2D eigenvalue weighted by Crippen LogP contribution is 2.36. The van der Waals surface area contributed by atoms with Crippen LogP contribution in [-0.2, 0) is 0 Å². The standard InChI is InChI=1S/C16H11FN2S/c17-13-6-2-1-5-11(13)12(9-18)15-10-20-16-8-4-3-7-14(16)19-15/h1-8,19H,10H2. The van der Waals surface area contributed by atoms with Crippen molar-refractivity contribution in [3.05, 3.63) is 65.6 Å². The molecule has 0 spiro atoms. The van der Waals surface area contributed by atoms with Gasteiger partial charge in [0.1, 0.15) is 11.9 Å². The van der Waals surface area contributed by atoms with E-state index in [1.54, 1.807) is 30.0 Å². The third-order valence-corrected chi connectivity index (χ3v) is 4.20. The Hall–Kier alpha value is -2.25. The summed E-state index contributed by atoms with van der Waals surface area (Å²) < 4.78 is 13.9. The first-order valence-electron chi connectivity index (χ1n) is 6.16. The molecule has 1 N–H and O–H groups in total. The van der Waals surface area contributed by atoms with Crippen molar-refractivity contribution in [1.82, 2.24) is 0 Å². The molecule has 0 bridgehead atoms. The van der Waals surface area contributed by atoms with Gasteiger partial charge in [-0.15, -0.1) is 11.8 Å². The number of thioether (sulfide) groups is 1. The van der Waals surface area contributed by atoms with Crippen molar-refractivity contribution in [1.29, 1.82) is 5.26 Å². The number of allylic oxidation sites excluding steroid dienone is 1.